The van der Waals surface area contributed by atoms with E-state index in [9.17, 15) is 18.0 Å². The lowest BCUT2D eigenvalue weighted by molar-refractivity contribution is -0.162. The van der Waals surface area contributed by atoms with Crippen molar-refractivity contribution in [2.45, 2.75) is 36.9 Å². The molecule has 0 aliphatic carbocycles. The Morgan fingerprint density at radius 2 is 2.17 bits per heavy atom. The molecule has 0 saturated carbocycles. The summed E-state index contributed by atoms with van der Waals surface area (Å²) >= 11 is 0. The smallest absolute Gasteiger partial charge is 0.336 e. The van der Waals surface area contributed by atoms with E-state index < -0.39 is 34.1 Å². The molecule has 1 aliphatic heterocycles. The van der Waals surface area contributed by atoms with Crippen molar-refractivity contribution in [3.05, 3.63) is 24.3 Å². The van der Waals surface area contributed by atoms with Crippen molar-refractivity contribution < 1.29 is 27.5 Å². The van der Waals surface area contributed by atoms with Gasteiger partial charge in [0.2, 0.25) is 10.0 Å². The summed E-state index contributed by atoms with van der Waals surface area (Å²) < 4.78 is 32.8. The second-order valence-corrected chi connectivity index (χ2v) is 6.70. The van der Waals surface area contributed by atoms with Crippen LogP contribution in [-0.2, 0) is 29.1 Å². The first kappa shape index (κ1) is 17.4. The second kappa shape index (κ2) is 7.07. The molecule has 1 heterocycles. The summed E-state index contributed by atoms with van der Waals surface area (Å²) in [6, 6.07) is 5.48. The van der Waals surface area contributed by atoms with Crippen molar-refractivity contribution in [1.29, 1.82) is 0 Å². The molecule has 0 unspecified atom stereocenters. The van der Waals surface area contributed by atoms with Gasteiger partial charge in [-0.25, -0.2) is 18.4 Å². The second-order valence-electron chi connectivity index (χ2n) is 5.14. The van der Waals surface area contributed by atoms with E-state index >= 15 is 0 Å². The van der Waals surface area contributed by atoms with Gasteiger partial charge in [0.25, 0.3) is 5.91 Å². The van der Waals surface area contributed by atoms with E-state index in [0.29, 0.717) is 13.0 Å². The Hall–Kier alpha value is -1.97. The number of rotatable bonds is 5. The van der Waals surface area contributed by atoms with Crippen molar-refractivity contribution in [1.82, 2.24) is 0 Å². The topological polar surface area (TPSA) is 125 Å². The Balaban J connectivity index is 1.97. The molecule has 1 aliphatic rings. The van der Waals surface area contributed by atoms with Gasteiger partial charge in [-0.1, -0.05) is 6.07 Å². The first-order chi connectivity index (χ1) is 10.8. The maximum Gasteiger partial charge on any atom is 0.336 e. The summed E-state index contributed by atoms with van der Waals surface area (Å²) in [5.74, 6) is -1.16. The average molecular weight is 342 g/mol. The molecule has 2 rings (SSSR count). The normalized spacial score (nSPS) is 19.1. The van der Waals surface area contributed by atoms with Gasteiger partial charge in [0, 0.05) is 12.3 Å². The molecule has 1 saturated heterocycles. The average Bonchev–Trinajstić information content (AvgIpc) is 3.00. The van der Waals surface area contributed by atoms with Crippen LogP contribution in [-0.4, -0.2) is 39.1 Å². The van der Waals surface area contributed by atoms with Crippen LogP contribution in [0.15, 0.2) is 29.2 Å². The number of nitrogens with one attached hydrogen (secondary N) is 1. The molecule has 1 aromatic rings. The number of benzene rings is 1. The summed E-state index contributed by atoms with van der Waals surface area (Å²) in [6.07, 6.45) is -0.314. The van der Waals surface area contributed by atoms with Crippen LogP contribution in [0, 0.1) is 0 Å². The molecular formula is C14H18N2O6S. The summed E-state index contributed by atoms with van der Waals surface area (Å²) in [5, 5.41) is 7.50. The van der Waals surface area contributed by atoms with Crippen molar-refractivity contribution in [3.8, 4) is 0 Å². The van der Waals surface area contributed by atoms with Crippen LogP contribution in [0.1, 0.15) is 19.8 Å². The number of carbonyl (C=O) groups is 2. The highest BCUT2D eigenvalue weighted by molar-refractivity contribution is 7.89. The molecule has 0 bridgehead atoms. The van der Waals surface area contributed by atoms with Crippen molar-refractivity contribution in [2.75, 3.05) is 11.9 Å². The number of anilines is 1. The minimum absolute atomic E-state index is 0.126. The lowest BCUT2D eigenvalue weighted by Gasteiger charge is -2.16. The van der Waals surface area contributed by atoms with Gasteiger partial charge in [-0.3, -0.25) is 4.79 Å². The summed E-state index contributed by atoms with van der Waals surface area (Å²) in [5.41, 5.74) is 0.238. The minimum Gasteiger partial charge on any atom is -0.451 e. The minimum atomic E-state index is -3.86. The molecule has 0 aromatic heterocycles. The summed E-state index contributed by atoms with van der Waals surface area (Å²) in [6.45, 7) is 1.92. The maximum absolute atomic E-state index is 12.0. The number of esters is 1. The molecule has 1 amide bonds. The van der Waals surface area contributed by atoms with Crippen LogP contribution in [0.5, 0.6) is 0 Å². The molecule has 8 nitrogen and oxygen atoms in total. The maximum atomic E-state index is 12.0. The van der Waals surface area contributed by atoms with Crippen molar-refractivity contribution in [3.63, 3.8) is 0 Å². The van der Waals surface area contributed by atoms with E-state index in [-0.39, 0.29) is 10.6 Å². The predicted octanol–water partition coefficient (Wildman–Crippen LogP) is 0.383. The number of carbonyl (C=O) groups excluding carboxylic acids is 2. The molecule has 9 heteroatoms. The van der Waals surface area contributed by atoms with E-state index in [4.69, 9.17) is 14.6 Å². The van der Waals surface area contributed by atoms with Gasteiger partial charge in [0.15, 0.2) is 12.2 Å². The Kier molecular flexibility index (Phi) is 5.34. The molecule has 2 atom stereocenters. The summed E-state index contributed by atoms with van der Waals surface area (Å²) in [4.78, 5) is 23.7. The number of amides is 1. The quantitative estimate of drug-likeness (QED) is 0.746. The Morgan fingerprint density at radius 1 is 1.43 bits per heavy atom. The lowest BCUT2D eigenvalue weighted by Crippen LogP contribution is -2.34. The fourth-order valence-electron chi connectivity index (χ4n) is 2.06. The highest BCUT2D eigenvalue weighted by Crippen LogP contribution is 2.16. The molecule has 0 spiro atoms. The van der Waals surface area contributed by atoms with Crippen LogP contribution in [0.25, 0.3) is 0 Å². The molecule has 126 valence electrons. The van der Waals surface area contributed by atoms with E-state index in [0.717, 1.165) is 6.42 Å². The largest absolute Gasteiger partial charge is 0.451 e. The monoisotopic (exact) mass is 342 g/mol. The van der Waals surface area contributed by atoms with E-state index in [1.165, 1.54) is 31.2 Å². The van der Waals surface area contributed by atoms with E-state index in [1.54, 1.807) is 0 Å². The first-order valence-corrected chi connectivity index (χ1v) is 8.58. The van der Waals surface area contributed by atoms with Crippen molar-refractivity contribution >= 4 is 27.6 Å². The number of nitrogens with two attached hydrogens (primary N) is 1. The van der Waals surface area contributed by atoms with Gasteiger partial charge in [0.05, 0.1) is 4.90 Å². The molecule has 1 fully saturated rings. The lowest BCUT2D eigenvalue weighted by atomic mass is 10.2. The van der Waals surface area contributed by atoms with Crippen LogP contribution >= 0.6 is 0 Å². The Bertz CT molecular complexity index is 697. The molecule has 3 N–H and O–H groups in total. The molecule has 1 aromatic carbocycles. The Labute approximate surface area is 134 Å². The van der Waals surface area contributed by atoms with Gasteiger partial charge in [-0.2, -0.15) is 0 Å². The first-order valence-electron chi connectivity index (χ1n) is 7.03. The fraction of sp³-hybridized carbons (Fsp3) is 0.429. The highest BCUT2D eigenvalue weighted by Gasteiger charge is 2.28. The third kappa shape index (κ3) is 4.75. The standard InChI is InChI=1S/C14H18N2O6S/c1-9(22-14(18)12-6-3-7-21-12)13(17)16-10-4-2-5-11(8-10)23(15,19)20/h2,4-5,8-9,12H,3,6-7H2,1H3,(H,16,17)(H2,15,19,20)/t9-,12-/m0/s1. The van der Waals surface area contributed by atoms with Crippen LogP contribution in [0.2, 0.25) is 0 Å². The zero-order valence-electron chi connectivity index (χ0n) is 12.5. The number of hydrogen-bond acceptors (Lipinski definition) is 6. The van der Waals surface area contributed by atoms with Gasteiger partial charge < -0.3 is 14.8 Å². The Morgan fingerprint density at radius 3 is 2.78 bits per heavy atom. The van der Waals surface area contributed by atoms with Crippen LogP contribution < -0.4 is 10.5 Å². The van der Waals surface area contributed by atoms with Gasteiger partial charge >= 0.3 is 5.97 Å². The van der Waals surface area contributed by atoms with Gasteiger partial charge in [-0.05, 0) is 38.0 Å². The number of sulfonamides is 1. The molecule has 0 radical (unpaired) electrons. The van der Waals surface area contributed by atoms with E-state index in [1.807, 2.05) is 0 Å². The van der Waals surface area contributed by atoms with Crippen LogP contribution in [0.4, 0.5) is 5.69 Å². The molecular weight excluding hydrogens is 324 g/mol. The highest BCUT2D eigenvalue weighted by atomic mass is 32.2. The van der Waals surface area contributed by atoms with Gasteiger partial charge in [0.1, 0.15) is 0 Å². The number of primary sulfonamides is 1. The predicted molar refractivity (Wildman–Crippen MR) is 81.0 cm³/mol. The van der Waals surface area contributed by atoms with E-state index in [2.05, 4.69) is 5.32 Å². The SMILES string of the molecule is C[C@H](OC(=O)[C@@H]1CCCO1)C(=O)Nc1cccc(S(N)(=O)=O)c1. The third-order valence-electron chi connectivity index (χ3n) is 3.28. The van der Waals surface area contributed by atoms with Gasteiger partial charge in [-0.15, -0.1) is 0 Å². The third-order valence-corrected chi connectivity index (χ3v) is 4.20. The number of ether oxygens (including phenoxy) is 2. The summed E-state index contributed by atoms with van der Waals surface area (Å²) in [7, 11) is -3.86. The zero-order chi connectivity index (χ0) is 17.0. The zero-order valence-corrected chi connectivity index (χ0v) is 13.3. The molecule has 23 heavy (non-hydrogen) atoms. The fourth-order valence-corrected chi connectivity index (χ4v) is 2.62. The van der Waals surface area contributed by atoms with Crippen LogP contribution in [0.3, 0.4) is 0 Å². The van der Waals surface area contributed by atoms with Crippen molar-refractivity contribution in [2.24, 2.45) is 5.14 Å². The number of hydrogen-bond donors (Lipinski definition) is 2.